The highest BCUT2D eigenvalue weighted by molar-refractivity contribution is 5.90. The van der Waals surface area contributed by atoms with Crippen molar-refractivity contribution in [3.8, 4) is 0 Å². The summed E-state index contributed by atoms with van der Waals surface area (Å²) in [6, 6.07) is 19.7. The molecule has 1 saturated carbocycles. The second kappa shape index (κ2) is 7.73. The van der Waals surface area contributed by atoms with Crippen molar-refractivity contribution in [1.82, 2.24) is 5.43 Å². The van der Waals surface area contributed by atoms with Crippen LogP contribution in [-0.2, 0) is 4.79 Å². The molecule has 1 aliphatic carbocycles. The van der Waals surface area contributed by atoms with Crippen molar-refractivity contribution in [3.05, 3.63) is 71.8 Å². The van der Waals surface area contributed by atoms with E-state index in [9.17, 15) is 4.79 Å². The fourth-order valence-electron chi connectivity index (χ4n) is 3.06. The summed E-state index contributed by atoms with van der Waals surface area (Å²) in [6.07, 6.45) is 5.62. The Morgan fingerprint density at radius 3 is 1.87 bits per heavy atom. The van der Waals surface area contributed by atoms with Gasteiger partial charge in [-0.3, -0.25) is 4.79 Å². The maximum absolute atomic E-state index is 12.8. The van der Waals surface area contributed by atoms with Crippen molar-refractivity contribution in [3.63, 3.8) is 0 Å². The lowest BCUT2D eigenvalue weighted by Crippen LogP contribution is -2.27. The van der Waals surface area contributed by atoms with Crippen LogP contribution in [0.25, 0.3) is 0 Å². The highest BCUT2D eigenvalue weighted by Gasteiger charge is 2.22. The number of nitrogens with one attached hydrogen (secondary N) is 1. The van der Waals surface area contributed by atoms with E-state index in [0.717, 1.165) is 29.7 Å². The average molecular weight is 306 g/mol. The third kappa shape index (κ3) is 4.07. The van der Waals surface area contributed by atoms with E-state index < -0.39 is 0 Å². The molecule has 23 heavy (non-hydrogen) atoms. The Morgan fingerprint density at radius 1 is 0.826 bits per heavy atom. The Labute approximate surface area is 137 Å². The summed E-state index contributed by atoms with van der Waals surface area (Å²) in [5, 5.41) is 4.37. The molecular weight excluding hydrogens is 284 g/mol. The van der Waals surface area contributed by atoms with E-state index in [2.05, 4.69) is 10.5 Å². The predicted octanol–water partition coefficient (Wildman–Crippen LogP) is 4.25. The maximum atomic E-state index is 12.8. The SMILES string of the molecule is O=C(NN=C1CCCCC1)C(c1ccccc1)c1ccccc1. The number of rotatable bonds is 4. The first kappa shape index (κ1) is 15.5. The van der Waals surface area contributed by atoms with E-state index in [0.29, 0.717) is 0 Å². The molecule has 2 aromatic rings. The van der Waals surface area contributed by atoms with Gasteiger partial charge in [0.05, 0.1) is 5.92 Å². The number of nitrogens with zero attached hydrogens (tertiary/aromatic N) is 1. The summed E-state index contributed by atoms with van der Waals surface area (Å²) in [4.78, 5) is 12.8. The first-order valence-electron chi connectivity index (χ1n) is 8.30. The van der Waals surface area contributed by atoms with Crippen LogP contribution >= 0.6 is 0 Å². The van der Waals surface area contributed by atoms with Crippen LogP contribution in [0.2, 0.25) is 0 Å². The lowest BCUT2D eigenvalue weighted by Gasteiger charge is -2.17. The van der Waals surface area contributed by atoms with Crippen LogP contribution < -0.4 is 5.43 Å². The smallest absolute Gasteiger partial charge is 0.252 e. The van der Waals surface area contributed by atoms with E-state index in [1.807, 2.05) is 60.7 Å². The number of carbonyl (C=O) groups is 1. The molecule has 118 valence electrons. The van der Waals surface area contributed by atoms with Crippen LogP contribution in [-0.4, -0.2) is 11.6 Å². The van der Waals surface area contributed by atoms with E-state index in [1.165, 1.54) is 19.3 Å². The van der Waals surface area contributed by atoms with Crippen molar-refractivity contribution < 1.29 is 4.79 Å². The third-order valence-corrected chi connectivity index (χ3v) is 4.28. The first-order valence-corrected chi connectivity index (χ1v) is 8.30. The summed E-state index contributed by atoms with van der Waals surface area (Å²) in [6.45, 7) is 0. The largest absolute Gasteiger partial charge is 0.272 e. The molecule has 0 aliphatic heterocycles. The van der Waals surface area contributed by atoms with Gasteiger partial charge in [0.25, 0.3) is 5.91 Å². The van der Waals surface area contributed by atoms with Crippen molar-refractivity contribution in [2.45, 2.75) is 38.0 Å². The first-order chi connectivity index (χ1) is 11.3. The predicted molar refractivity (Wildman–Crippen MR) is 93.4 cm³/mol. The standard InChI is InChI=1S/C20H22N2O/c23-20(22-21-18-14-8-3-9-15-18)19(16-10-4-1-5-11-16)17-12-6-2-7-13-17/h1-2,4-7,10-13,19H,3,8-9,14-15H2,(H,22,23). The van der Waals surface area contributed by atoms with Gasteiger partial charge in [-0.05, 0) is 36.8 Å². The Kier molecular flexibility index (Phi) is 5.20. The van der Waals surface area contributed by atoms with Crippen LogP contribution in [0.4, 0.5) is 0 Å². The minimum absolute atomic E-state index is 0.0690. The van der Waals surface area contributed by atoms with E-state index in [-0.39, 0.29) is 11.8 Å². The van der Waals surface area contributed by atoms with Gasteiger partial charge in [0.2, 0.25) is 0 Å². The molecule has 3 heteroatoms. The highest BCUT2D eigenvalue weighted by Crippen LogP contribution is 2.24. The summed E-state index contributed by atoms with van der Waals surface area (Å²) in [7, 11) is 0. The molecular formula is C20H22N2O. The van der Waals surface area contributed by atoms with Gasteiger partial charge in [-0.15, -0.1) is 0 Å². The normalized spacial score (nSPS) is 14.6. The summed E-state index contributed by atoms with van der Waals surface area (Å²) >= 11 is 0. The number of amides is 1. The lowest BCUT2D eigenvalue weighted by molar-refractivity contribution is -0.121. The second-order valence-electron chi connectivity index (χ2n) is 5.97. The Hall–Kier alpha value is -2.42. The van der Waals surface area contributed by atoms with Crippen molar-refractivity contribution >= 4 is 11.6 Å². The van der Waals surface area contributed by atoms with Crippen LogP contribution in [0.5, 0.6) is 0 Å². The Morgan fingerprint density at radius 2 is 1.35 bits per heavy atom. The molecule has 1 aliphatic rings. The molecule has 3 rings (SSSR count). The summed E-state index contributed by atoms with van der Waals surface area (Å²) in [5.74, 6) is -0.397. The molecule has 1 fully saturated rings. The molecule has 0 saturated heterocycles. The zero-order valence-corrected chi connectivity index (χ0v) is 13.2. The molecule has 1 amide bonds. The molecule has 0 atom stereocenters. The molecule has 3 nitrogen and oxygen atoms in total. The molecule has 0 radical (unpaired) electrons. The average Bonchev–Trinajstić information content (AvgIpc) is 2.63. The summed E-state index contributed by atoms with van der Waals surface area (Å²) < 4.78 is 0. The molecule has 1 N–H and O–H groups in total. The fourth-order valence-corrected chi connectivity index (χ4v) is 3.06. The van der Waals surface area contributed by atoms with Crippen molar-refractivity contribution in [2.24, 2.45) is 5.10 Å². The minimum atomic E-state index is -0.328. The van der Waals surface area contributed by atoms with Gasteiger partial charge < -0.3 is 0 Å². The number of hydrazone groups is 1. The minimum Gasteiger partial charge on any atom is -0.272 e. The lowest BCUT2D eigenvalue weighted by atomic mass is 9.91. The van der Waals surface area contributed by atoms with Gasteiger partial charge >= 0.3 is 0 Å². The van der Waals surface area contributed by atoms with Crippen LogP contribution in [0.1, 0.15) is 49.1 Å². The van der Waals surface area contributed by atoms with Crippen molar-refractivity contribution in [1.29, 1.82) is 0 Å². The van der Waals surface area contributed by atoms with E-state index in [1.54, 1.807) is 0 Å². The number of carbonyl (C=O) groups excluding carboxylic acids is 1. The van der Waals surface area contributed by atoms with Gasteiger partial charge in [-0.1, -0.05) is 67.1 Å². The maximum Gasteiger partial charge on any atom is 0.252 e. The Bertz CT molecular complexity index is 617. The fraction of sp³-hybridized carbons (Fsp3) is 0.300. The number of hydrogen-bond acceptors (Lipinski definition) is 2. The van der Waals surface area contributed by atoms with Gasteiger partial charge in [-0.25, -0.2) is 5.43 Å². The number of hydrogen-bond donors (Lipinski definition) is 1. The monoisotopic (exact) mass is 306 g/mol. The summed E-state index contributed by atoms with van der Waals surface area (Å²) in [5.41, 5.74) is 5.89. The molecule has 0 aromatic heterocycles. The van der Waals surface area contributed by atoms with E-state index in [4.69, 9.17) is 0 Å². The van der Waals surface area contributed by atoms with Crippen LogP contribution in [0, 0.1) is 0 Å². The van der Waals surface area contributed by atoms with Gasteiger partial charge in [0.15, 0.2) is 0 Å². The van der Waals surface area contributed by atoms with Crippen molar-refractivity contribution in [2.75, 3.05) is 0 Å². The van der Waals surface area contributed by atoms with E-state index >= 15 is 0 Å². The highest BCUT2D eigenvalue weighted by atomic mass is 16.2. The Balaban J connectivity index is 1.82. The molecule has 0 bridgehead atoms. The van der Waals surface area contributed by atoms with Crippen LogP contribution in [0.3, 0.4) is 0 Å². The topological polar surface area (TPSA) is 41.5 Å². The van der Waals surface area contributed by atoms with Crippen LogP contribution in [0.15, 0.2) is 65.8 Å². The van der Waals surface area contributed by atoms with Gasteiger partial charge in [-0.2, -0.15) is 5.10 Å². The molecule has 2 aromatic carbocycles. The molecule has 0 unspecified atom stereocenters. The molecule has 0 heterocycles. The third-order valence-electron chi connectivity index (χ3n) is 4.28. The quantitative estimate of drug-likeness (QED) is 0.843. The zero-order valence-electron chi connectivity index (χ0n) is 13.2. The second-order valence-corrected chi connectivity index (χ2v) is 5.97. The van der Waals surface area contributed by atoms with Gasteiger partial charge in [0, 0.05) is 5.71 Å². The number of benzene rings is 2. The van der Waals surface area contributed by atoms with Gasteiger partial charge in [0.1, 0.15) is 0 Å². The molecule has 0 spiro atoms. The zero-order chi connectivity index (χ0) is 15.9.